The van der Waals surface area contributed by atoms with Gasteiger partial charge in [-0.3, -0.25) is 9.52 Å². The third kappa shape index (κ3) is 5.97. The maximum atomic E-state index is 12.9. The Bertz CT molecular complexity index is 916. The summed E-state index contributed by atoms with van der Waals surface area (Å²) in [4.78, 5) is 12.1. The molecule has 0 unspecified atom stereocenters. The van der Waals surface area contributed by atoms with E-state index in [0.717, 1.165) is 24.0 Å². The molecule has 1 atom stereocenters. The number of carbonyl (C=O) groups is 1. The zero-order chi connectivity index (χ0) is 21.6. The van der Waals surface area contributed by atoms with Gasteiger partial charge in [-0.25, -0.2) is 8.42 Å². The smallest absolute Gasteiger partial charge is 0.261 e. The second-order valence-corrected chi connectivity index (χ2v) is 8.84. The molecule has 29 heavy (non-hydrogen) atoms. The van der Waals surface area contributed by atoms with Gasteiger partial charge in [0.05, 0.1) is 10.6 Å². The Morgan fingerprint density at radius 2 is 1.52 bits per heavy atom. The highest BCUT2D eigenvalue weighted by Crippen LogP contribution is 2.26. The van der Waals surface area contributed by atoms with E-state index < -0.39 is 16.1 Å². The lowest BCUT2D eigenvalue weighted by Gasteiger charge is -2.17. The van der Waals surface area contributed by atoms with Crippen LogP contribution in [-0.4, -0.2) is 26.5 Å². The Balaban J connectivity index is 2.18. The predicted octanol–water partition coefficient (Wildman–Crippen LogP) is 3.90. The van der Waals surface area contributed by atoms with Gasteiger partial charge in [-0.15, -0.1) is 0 Å². The maximum absolute atomic E-state index is 12.9. The third-order valence-electron chi connectivity index (χ3n) is 4.48. The normalized spacial score (nSPS) is 12.5. The minimum absolute atomic E-state index is 0.0196. The summed E-state index contributed by atoms with van der Waals surface area (Å²) in [5.41, 5.74) is 2.56. The number of carbonyl (C=O) groups excluding carboxylic acids is 1. The third-order valence-corrected chi connectivity index (χ3v) is 5.85. The molecule has 2 aromatic carbocycles. The molecular formula is C22H30N2O4S. The fraction of sp³-hybridized carbons (Fsp3) is 0.409. The maximum Gasteiger partial charge on any atom is 0.261 e. The first-order valence-corrected chi connectivity index (χ1v) is 11.4. The average molecular weight is 419 g/mol. The molecule has 0 spiro atoms. The monoisotopic (exact) mass is 418 g/mol. The number of hydrogen-bond donors (Lipinski definition) is 2. The van der Waals surface area contributed by atoms with Crippen molar-refractivity contribution < 1.29 is 17.9 Å². The highest BCUT2D eigenvalue weighted by atomic mass is 32.2. The Morgan fingerprint density at radius 3 is 2.00 bits per heavy atom. The molecule has 1 amide bonds. The number of nitrogens with one attached hydrogen (secondary N) is 2. The largest absolute Gasteiger partial charge is 0.481 e. The Labute approximate surface area is 173 Å². The molecule has 0 saturated carbocycles. The Hall–Kier alpha value is -2.54. The fourth-order valence-corrected chi connectivity index (χ4v) is 4.07. The average Bonchev–Trinajstić information content (AvgIpc) is 2.67. The van der Waals surface area contributed by atoms with E-state index in [1.54, 1.807) is 19.1 Å². The number of para-hydroxylation sites is 1. The van der Waals surface area contributed by atoms with Crippen LogP contribution in [0.2, 0.25) is 0 Å². The van der Waals surface area contributed by atoms with Crippen LogP contribution >= 0.6 is 0 Å². The molecule has 2 N–H and O–H groups in total. The fourth-order valence-electron chi connectivity index (χ4n) is 2.92. The molecule has 2 aromatic rings. The van der Waals surface area contributed by atoms with Crippen LogP contribution in [0.4, 0.5) is 5.69 Å². The number of sulfonamides is 1. The lowest BCUT2D eigenvalue weighted by atomic mass is 10.0. The first-order valence-electron chi connectivity index (χ1n) is 9.88. The van der Waals surface area contributed by atoms with E-state index in [1.807, 2.05) is 45.9 Å². The van der Waals surface area contributed by atoms with Gasteiger partial charge in [0, 0.05) is 6.04 Å². The minimum atomic E-state index is -3.74. The number of hydrogen-bond acceptors (Lipinski definition) is 4. The molecular weight excluding hydrogens is 388 g/mol. The van der Waals surface area contributed by atoms with Gasteiger partial charge < -0.3 is 10.1 Å². The number of ether oxygens (including phenoxy) is 1. The van der Waals surface area contributed by atoms with Gasteiger partial charge in [0.15, 0.2) is 6.10 Å². The number of rotatable bonds is 9. The number of anilines is 1. The van der Waals surface area contributed by atoms with Gasteiger partial charge in [-0.1, -0.05) is 32.0 Å². The molecule has 0 aliphatic rings. The zero-order valence-electron chi connectivity index (χ0n) is 17.7. The van der Waals surface area contributed by atoms with E-state index in [-0.39, 0.29) is 16.8 Å². The molecule has 0 aromatic heterocycles. The van der Waals surface area contributed by atoms with Gasteiger partial charge in [-0.05, 0) is 69.0 Å². The molecule has 0 fully saturated rings. The summed E-state index contributed by atoms with van der Waals surface area (Å²) in [5, 5.41) is 2.78. The molecule has 0 aliphatic carbocycles. The van der Waals surface area contributed by atoms with Crippen LogP contribution in [0.5, 0.6) is 5.75 Å². The van der Waals surface area contributed by atoms with Crippen molar-refractivity contribution in [1.82, 2.24) is 5.32 Å². The predicted molar refractivity (Wildman–Crippen MR) is 116 cm³/mol. The molecule has 0 aliphatic heterocycles. The van der Waals surface area contributed by atoms with Crippen molar-refractivity contribution in [1.29, 1.82) is 0 Å². The first-order chi connectivity index (χ1) is 13.7. The summed E-state index contributed by atoms with van der Waals surface area (Å²) in [6.45, 7) is 9.39. The summed E-state index contributed by atoms with van der Waals surface area (Å²) < 4.78 is 34.1. The standard InChI is InChI=1S/C22H30N2O4S/c1-6-17-9-8-10-18(7-2)21(17)24-29(26,27)20-13-11-19(12-14-20)28-16(5)22(25)23-15(3)4/h8-16,24H,6-7H2,1-5H3,(H,23,25)/t16-/m0/s1. The number of aryl methyl sites for hydroxylation is 2. The SMILES string of the molecule is CCc1cccc(CC)c1NS(=O)(=O)c1ccc(O[C@@H](C)C(=O)NC(C)C)cc1. The molecule has 0 bridgehead atoms. The van der Waals surface area contributed by atoms with Crippen LogP contribution in [0.15, 0.2) is 47.4 Å². The summed E-state index contributed by atoms with van der Waals surface area (Å²) in [7, 11) is -3.74. The molecule has 0 radical (unpaired) electrons. The van der Waals surface area contributed by atoms with Crippen LogP contribution in [-0.2, 0) is 27.7 Å². The zero-order valence-corrected chi connectivity index (χ0v) is 18.5. The second kappa shape index (κ2) is 9.78. The van der Waals surface area contributed by atoms with Crippen molar-refractivity contribution >= 4 is 21.6 Å². The van der Waals surface area contributed by atoms with Crippen molar-refractivity contribution in [3.8, 4) is 5.75 Å². The molecule has 6 nitrogen and oxygen atoms in total. The Morgan fingerprint density at radius 1 is 0.966 bits per heavy atom. The van der Waals surface area contributed by atoms with Crippen molar-refractivity contribution in [2.24, 2.45) is 0 Å². The van der Waals surface area contributed by atoms with E-state index in [1.165, 1.54) is 12.1 Å². The highest BCUT2D eigenvalue weighted by Gasteiger charge is 2.19. The lowest BCUT2D eigenvalue weighted by Crippen LogP contribution is -2.40. The summed E-state index contributed by atoms with van der Waals surface area (Å²) in [6.07, 6.45) is 0.783. The molecule has 158 valence electrons. The number of benzene rings is 2. The van der Waals surface area contributed by atoms with E-state index in [0.29, 0.717) is 11.4 Å². The molecule has 7 heteroatoms. The number of amides is 1. The van der Waals surface area contributed by atoms with Crippen molar-refractivity contribution in [2.45, 2.75) is 64.5 Å². The minimum Gasteiger partial charge on any atom is -0.481 e. The molecule has 2 rings (SSSR count). The van der Waals surface area contributed by atoms with Crippen LogP contribution in [0.3, 0.4) is 0 Å². The van der Waals surface area contributed by atoms with Crippen LogP contribution in [0, 0.1) is 0 Å². The van der Waals surface area contributed by atoms with Gasteiger partial charge in [0.2, 0.25) is 0 Å². The van der Waals surface area contributed by atoms with Crippen molar-refractivity contribution in [2.75, 3.05) is 4.72 Å². The van der Waals surface area contributed by atoms with E-state index in [9.17, 15) is 13.2 Å². The molecule has 0 saturated heterocycles. The second-order valence-electron chi connectivity index (χ2n) is 7.16. The van der Waals surface area contributed by atoms with E-state index >= 15 is 0 Å². The van der Waals surface area contributed by atoms with Crippen LogP contribution < -0.4 is 14.8 Å². The summed E-state index contributed by atoms with van der Waals surface area (Å²) in [6, 6.07) is 11.9. The lowest BCUT2D eigenvalue weighted by molar-refractivity contribution is -0.127. The molecule has 0 heterocycles. The van der Waals surface area contributed by atoms with Crippen molar-refractivity contribution in [3.05, 3.63) is 53.6 Å². The topological polar surface area (TPSA) is 84.5 Å². The summed E-state index contributed by atoms with van der Waals surface area (Å²) >= 11 is 0. The van der Waals surface area contributed by atoms with E-state index in [4.69, 9.17) is 4.74 Å². The van der Waals surface area contributed by atoms with Gasteiger partial charge in [0.1, 0.15) is 5.75 Å². The first kappa shape index (κ1) is 22.7. The van der Waals surface area contributed by atoms with E-state index in [2.05, 4.69) is 10.0 Å². The Kier molecular flexibility index (Phi) is 7.67. The van der Waals surface area contributed by atoms with Crippen LogP contribution in [0.1, 0.15) is 45.7 Å². The van der Waals surface area contributed by atoms with Gasteiger partial charge in [-0.2, -0.15) is 0 Å². The van der Waals surface area contributed by atoms with Gasteiger partial charge >= 0.3 is 0 Å². The van der Waals surface area contributed by atoms with Gasteiger partial charge in [0.25, 0.3) is 15.9 Å². The quantitative estimate of drug-likeness (QED) is 0.647. The van der Waals surface area contributed by atoms with Crippen molar-refractivity contribution in [3.63, 3.8) is 0 Å². The highest BCUT2D eigenvalue weighted by molar-refractivity contribution is 7.92. The van der Waals surface area contributed by atoms with Crippen LogP contribution in [0.25, 0.3) is 0 Å². The summed E-state index contributed by atoms with van der Waals surface area (Å²) in [5.74, 6) is 0.209.